The normalized spacial score (nSPS) is 10.6. The maximum absolute atomic E-state index is 11.1. The Morgan fingerprint density at radius 2 is 1.71 bits per heavy atom. The lowest BCUT2D eigenvalue weighted by atomic mass is 10.1. The van der Waals surface area contributed by atoms with E-state index in [4.69, 9.17) is 14.6 Å². The van der Waals surface area contributed by atoms with Crippen LogP contribution in [0.3, 0.4) is 0 Å². The Morgan fingerprint density at radius 1 is 1.00 bits per heavy atom. The summed E-state index contributed by atoms with van der Waals surface area (Å²) in [4.78, 5) is 11.1. The standard InChI is InChI=1S/C25H26BrNO4/c1-4-30-23-12-20(14-27-22-10-9-19(25(28)29)11-17(22)3)21(26)13-24(23)31-15-18-7-5-16(2)6-8-18/h5-13,27H,4,14-15H2,1-3H3,(H,28,29). The summed E-state index contributed by atoms with van der Waals surface area (Å²) < 4.78 is 12.8. The van der Waals surface area contributed by atoms with E-state index in [0.717, 1.165) is 26.9 Å². The summed E-state index contributed by atoms with van der Waals surface area (Å²) in [5.41, 5.74) is 5.35. The van der Waals surface area contributed by atoms with E-state index in [1.165, 1.54) is 5.56 Å². The zero-order valence-electron chi connectivity index (χ0n) is 17.9. The van der Waals surface area contributed by atoms with Crippen LogP contribution in [0.2, 0.25) is 0 Å². The average Bonchev–Trinajstić information content (AvgIpc) is 2.74. The zero-order valence-corrected chi connectivity index (χ0v) is 19.5. The molecule has 0 fully saturated rings. The summed E-state index contributed by atoms with van der Waals surface area (Å²) in [6.45, 7) is 7.43. The third kappa shape index (κ3) is 6.01. The molecule has 162 valence electrons. The van der Waals surface area contributed by atoms with E-state index in [1.54, 1.807) is 18.2 Å². The number of carboxylic acids is 1. The van der Waals surface area contributed by atoms with Crippen molar-refractivity contribution in [2.24, 2.45) is 0 Å². The van der Waals surface area contributed by atoms with Gasteiger partial charge < -0.3 is 19.9 Å². The molecule has 2 N–H and O–H groups in total. The monoisotopic (exact) mass is 483 g/mol. The molecule has 0 unspecified atom stereocenters. The first kappa shape index (κ1) is 22.7. The third-order valence-electron chi connectivity index (χ3n) is 4.87. The quantitative estimate of drug-likeness (QED) is 0.370. The Bertz CT molecular complexity index is 1060. The number of carbonyl (C=O) groups is 1. The maximum Gasteiger partial charge on any atom is 0.335 e. The molecular formula is C25H26BrNO4. The second-order valence-corrected chi connectivity index (χ2v) is 8.14. The number of halogens is 1. The van der Waals surface area contributed by atoms with Crippen LogP contribution in [0.1, 0.15) is 39.5 Å². The summed E-state index contributed by atoms with van der Waals surface area (Å²) in [6, 6.07) is 17.2. The van der Waals surface area contributed by atoms with Crippen LogP contribution in [0, 0.1) is 13.8 Å². The number of nitrogens with one attached hydrogen (secondary N) is 1. The lowest BCUT2D eigenvalue weighted by Crippen LogP contribution is -2.05. The van der Waals surface area contributed by atoms with Crippen molar-refractivity contribution in [1.82, 2.24) is 0 Å². The maximum atomic E-state index is 11.1. The minimum Gasteiger partial charge on any atom is -0.490 e. The molecule has 6 heteroatoms. The van der Waals surface area contributed by atoms with Gasteiger partial charge in [0, 0.05) is 16.7 Å². The number of hydrogen-bond acceptors (Lipinski definition) is 4. The Kier molecular flexibility index (Phi) is 7.58. The summed E-state index contributed by atoms with van der Waals surface area (Å²) in [7, 11) is 0. The first-order valence-electron chi connectivity index (χ1n) is 10.1. The van der Waals surface area contributed by atoms with Gasteiger partial charge in [0.1, 0.15) is 6.61 Å². The van der Waals surface area contributed by atoms with Gasteiger partial charge >= 0.3 is 5.97 Å². The summed E-state index contributed by atoms with van der Waals surface area (Å²) >= 11 is 3.64. The largest absolute Gasteiger partial charge is 0.490 e. The van der Waals surface area contributed by atoms with Gasteiger partial charge in [-0.2, -0.15) is 0 Å². The molecule has 0 atom stereocenters. The van der Waals surface area contributed by atoms with Crippen molar-refractivity contribution < 1.29 is 19.4 Å². The molecule has 3 rings (SSSR count). The minimum atomic E-state index is -0.931. The predicted octanol–water partition coefficient (Wildman–Crippen LogP) is 6.35. The molecule has 3 aromatic carbocycles. The molecule has 0 aromatic heterocycles. The van der Waals surface area contributed by atoms with Crippen molar-refractivity contribution in [2.75, 3.05) is 11.9 Å². The Hall–Kier alpha value is -2.99. The topological polar surface area (TPSA) is 67.8 Å². The van der Waals surface area contributed by atoms with E-state index in [0.29, 0.717) is 31.3 Å². The van der Waals surface area contributed by atoms with Gasteiger partial charge in [0.05, 0.1) is 12.2 Å². The van der Waals surface area contributed by atoms with E-state index in [2.05, 4.69) is 52.4 Å². The van der Waals surface area contributed by atoms with Gasteiger partial charge in [-0.1, -0.05) is 45.8 Å². The lowest BCUT2D eigenvalue weighted by molar-refractivity contribution is 0.0697. The minimum absolute atomic E-state index is 0.276. The van der Waals surface area contributed by atoms with Crippen LogP contribution < -0.4 is 14.8 Å². The number of benzene rings is 3. The van der Waals surface area contributed by atoms with Crippen molar-refractivity contribution in [3.8, 4) is 11.5 Å². The van der Waals surface area contributed by atoms with Crippen LogP contribution >= 0.6 is 15.9 Å². The third-order valence-corrected chi connectivity index (χ3v) is 5.61. The molecule has 0 amide bonds. The molecule has 0 aliphatic heterocycles. The van der Waals surface area contributed by atoms with Gasteiger partial charge in [0.25, 0.3) is 0 Å². The van der Waals surface area contributed by atoms with E-state index in [1.807, 2.05) is 26.0 Å². The predicted molar refractivity (Wildman–Crippen MR) is 126 cm³/mol. The molecule has 0 saturated carbocycles. The number of rotatable bonds is 9. The highest BCUT2D eigenvalue weighted by molar-refractivity contribution is 9.10. The van der Waals surface area contributed by atoms with Crippen LogP contribution in [-0.4, -0.2) is 17.7 Å². The second-order valence-electron chi connectivity index (χ2n) is 7.29. The van der Waals surface area contributed by atoms with E-state index in [9.17, 15) is 4.79 Å². The highest BCUT2D eigenvalue weighted by atomic mass is 79.9. The fourth-order valence-corrected chi connectivity index (χ4v) is 3.59. The molecule has 0 saturated heterocycles. The van der Waals surface area contributed by atoms with Crippen molar-refractivity contribution >= 4 is 27.6 Å². The van der Waals surface area contributed by atoms with Crippen molar-refractivity contribution in [3.63, 3.8) is 0 Å². The Balaban J connectivity index is 1.74. The zero-order chi connectivity index (χ0) is 22.4. The molecule has 31 heavy (non-hydrogen) atoms. The van der Waals surface area contributed by atoms with Gasteiger partial charge in [0.15, 0.2) is 11.5 Å². The SMILES string of the molecule is CCOc1cc(CNc2ccc(C(=O)O)cc2C)c(Br)cc1OCc1ccc(C)cc1. The Labute approximate surface area is 191 Å². The van der Waals surface area contributed by atoms with E-state index >= 15 is 0 Å². The van der Waals surface area contributed by atoms with Crippen LogP contribution in [0.5, 0.6) is 11.5 Å². The van der Waals surface area contributed by atoms with Gasteiger partial charge in [-0.05, 0) is 67.8 Å². The van der Waals surface area contributed by atoms with Crippen molar-refractivity contribution in [1.29, 1.82) is 0 Å². The molecular weight excluding hydrogens is 458 g/mol. The Morgan fingerprint density at radius 3 is 2.35 bits per heavy atom. The van der Waals surface area contributed by atoms with Crippen LogP contribution in [0.25, 0.3) is 0 Å². The second kappa shape index (κ2) is 10.4. The van der Waals surface area contributed by atoms with E-state index < -0.39 is 5.97 Å². The van der Waals surface area contributed by atoms with Gasteiger partial charge in [-0.15, -0.1) is 0 Å². The van der Waals surface area contributed by atoms with Crippen molar-refractivity contribution in [3.05, 3.63) is 86.9 Å². The van der Waals surface area contributed by atoms with Gasteiger partial charge in [0.2, 0.25) is 0 Å². The fraction of sp³-hybridized carbons (Fsp3) is 0.240. The fourth-order valence-electron chi connectivity index (χ4n) is 3.12. The van der Waals surface area contributed by atoms with E-state index in [-0.39, 0.29) is 5.56 Å². The van der Waals surface area contributed by atoms with Gasteiger partial charge in [-0.3, -0.25) is 0 Å². The van der Waals surface area contributed by atoms with Crippen LogP contribution in [0.4, 0.5) is 5.69 Å². The first-order valence-corrected chi connectivity index (χ1v) is 10.9. The number of aromatic carboxylic acids is 1. The number of anilines is 1. The molecule has 3 aromatic rings. The summed E-state index contributed by atoms with van der Waals surface area (Å²) in [6.07, 6.45) is 0. The molecule has 0 bridgehead atoms. The van der Waals surface area contributed by atoms with Crippen molar-refractivity contribution in [2.45, 2.75) is 33.9 Å². The molecule has 0 heterocycles. The highest BCUT2D eigenvalue weighted by Crippen LogP contribution is 2.35. The molecule has 0 aliphatic carbocycles. The van der Waals surface area contributed by atoms with Crippen LogP contribution in [0.15, 0.2) is 59.1 Å². The molecule has 0 spiro atoms. The number of aryl methyl sites for hydroxylation is 2. The number of hydrogen-bond donors (Lipinski definition) is 2. The molecule has 5 nitrogen and oxygen atoms in total. The number of carboxylic acid groups (broad SMARTS) is 1. The number of ether oxygens (including phenoxy) is 2. The summed E-state index contributed by atoms with van der Waals surface area (Å²) in [5, 5.41) is 12.5. The van der Waals surface area contributed by atoms with Crippen LogP contribution in [-0.2, 0) is 13.2 Å². The lowest BCUT2D eigenvalue weighted by Gasteiger charge is -2.16. The first-order chi connectivity index (χ1) is 14.9. The highest BCUT2D eigenvalue weighted by Gasteiger charge is 2.12. The molecule has 0 radical (unpaired) electrons. The molecule has 0 aliphatic rings. The summed E-state index contributed by atoms with van der Waals surface area (Å²) in [5.74, 6) is 0.438. The van der Waals surface area contributed by atoms with Gasteiger partial charge in [-0.25, -0.2) is 4.79 Å². The smallest absolute Gasteiger partial charge is 0.335 e. The average molecular weight is 484 g/mol.